The third-order valence-electron chi connectivity index (χ3n) is 12.2. The maximum Gasteiger partial charge on any atom is 0.339 e. The van der Waals surface area contributed by atoms with E-state index < -0.39 is 53.0 Å². The SMILES string of the molecule is CN[C@@H](C)[C@H](O)c1ccccc1.O=C(O)c1cc2ccccc2c(Cc2c(O)c(C(=O)O)cc3ccccc23)c1O.O=C(O)c1cc2ccccc2c(Cc2c(O)c(C(=O)O)cc3ccccc23)c1O. The van der Waals surface area contributed by atoms with Crippen LogP contribution in [0.2, 0.25) is 0 Å². The topological polar surface area (TPSA) is 262 Å². The van der Waals surface area contributed by atoms with Crippen molar-refractivity contribution in [3.05, 3.63) is 202 Å². The van der Waals surface area contributed by atoms with Crippen molar-refractivity contribution in [2.75, 3.05) is 7.05 Å². The zero-order valence-corrected chi connectivity index (χ0v) is 37.7. The first-order chi connectivity index (χ1) is 33.5. The molecule has 0 aliphatic carbocycles. The van der Waals surface area contributed by atoms with Crippen LogP contribution in [0.25, 0.3) is 43.1 Å². The Bertz CT molecular complexity index is 3070. The number of aliphatic hydroxyl groups excluding tert-OH is 1. The maximum atomic E-state index is 11.6. The second-order valence-electron chi connectivity index (χ2n) is 16.4. The number of aromatic hydroxyl groups is 4. The largest absolute Gasteiger partial charge is 0.507 e. The summed E-state index contributed by atoms with van der Waals surface area (Å²) >= 11 is 0. The van der Waals surface area contributed by atoms with Crippen LogP contribution in [0.1, 0.15) is 82.3 Å². The van der Waals surface area contributed by atoms with E-state index in [1.54, 1.807) is 97.1 Å². The van der Waals surface area contributed by atoms with E-state index in [-0.39, 0.29) is 41.1 Å². The fourth-order valence-electron chi connectivity index (χ4n) is 8.46. The number of carboxylic acids is 4. The van der Waals surface area contributed by atoms with Gasteiger partial charge in [-0.25, -0.2) is 19.2 Å². The van der Waals surface area contributed by atoms with Gasteiger partial charge in [-0.3, -0.25) is 0 Å². The highest BCUT2D eigenvalue weighted by Crippen LogP contribution is 2.41. The van der Waals surface area contributed by atoms with Crippen molar-refractivity contribution in [3.8, 4) is 23.0 Å². The summed E-state index contributed by atoms with van der Waals surface area (Å²) in [5, 5.41) is 98.3. The molecule has 9 aromatic rings. The second-order valence-corrected chi connectivity index (χ2v) is 16.4. The van der Waals surface area contributed by atoms with Crippen LogP contribution in [-0.4, -0.2) is 82.9 Å². The summed E-state index contributed by atoms with van der Waals surface area (Å²) < 4.78 is 0. The Balaban J connectivity index is 0.000000168. The van der Waals surface area contributed by atoms with E-state index in [1.807, 2.05) is 44.3 Å². The molecular formula is C56H47NO13. The summed E-state index contributed by atoms with van der Waals surface area (Å²) in [6.07, 6.45) is -0.502. The number of rotatable bonds is 11. The lowest BCUT2D eigenvalue weighted by molar-refractivity contribution is 0.0682. The average molecular weight is 942 g/mol. The number of nitrogens with one attached hydrogen (secondary N) is 1. The minimum Gasteiger partial charge on any atom is -0.507 e. The molecule has 0 aliphatic rings. The Morgan fingerprint density at radius 2 is 0.657 bits per heavy atom. The molecule has 9 rings (SSSR count). The number of hydrogen-bond donors (Lipinski definition) is 10. The number of carbonyl (C=O) groups is 4. The molecule has 0 aromatic heterocycles. The Kier molecular flexibility index (Phi) is 14.6. The zero-order valence-electron chi connectivity index (χ0n) is 37.7. The number of carboxylic acid groups (broad SMARTS) is 4. The van der Waals surface area contributed by atoms with Crippen molar-refractivity contribution in [3.63, 3.8) is 0 Å². The van der Waals surface area contributed by atoms with E-state index in [4.69, 9.17) is 0 Å². The molecule has 0 aliphatic heterocycles. The van der Waals surface area contributed by atoms with Gasteiger partial charge in [-0.2, -0.15) is 0 Å². The number of hydrogen-bond acceptors (Lipinski definition) is 10. The van der Waals surface area contributed by atoms with E-state index in [0.29, 0.717) is 65.3 Å². The zero-order chi connectivity index (χ0) is 50.4. The molecule has 0 spiro atoms. The first-order valence-corrected chi connectivity index (χ1v) is 21.8. The highest BCUT2D eigenvalue weighted by molar-refractivity contribution is 6.04. The van der Waals surface area contributed by atoms with Crippen molar-refractivity contribution in [1.29, 1.82) is 0 Å². The van der Waals surface area contributed by atoms with Gasteiger partial charge in [-0.15, -0.1) is 0 Å². The number of likely N-dealkylation sites (N-methyl/N-ethyl adjacent to an activating group) is 1. The van der Waals surface area contributed by atoms with Gasteiger partial charge < -0.3 is 51.3 Å². The Morgan fingerprint density at radius 1 is 0.414 bits per heavy atom. The van der Waals surface area contributed by atoms with Crippen LogP contribution in [0.3, 0.4) is 0 Å². The van der Waals surface area contributed by atoms with Crippen LogP contribution in [0, 0.1) is 0 Å². The Labute approximate surface area is 399 Å². The lowest BCUT2D eigenvalue weighted by Gasteiger charge is -2.17. The van der Waals surface area contributed by atoms with Crippen molar-refractivity contribution >= 4 is 67.0 Å². The molecule has 9 aromatic carbocycles. The van der Waals surface area contributed by atoms with E-state index in [0.717, 1.165) is 5.56 Å². The molecule has 354 valence electrons. The van der Waals surface area contributed by atoms with Gasteiger partial charge in [0.25, 0.3) is 0 Å². The first kappa shape index (κ1) is 48.9. The van der Waals surface area contributed by atoms with Crippen LogP contribution >= 0.6 is 0 Å². The van der Waals surface area contributed by atoms with Gasteiger partial charge in [-0.05, 0) is 86.9 Å². The van der Waals surface area contributed by atoms with E-state index in [2.05, 4.69) is 5.32 Å². The normalized spacial score (nSPS) is 11.8. The molecule has 0 unspecified atom stereocenters. The molecular weight excluding hydrogens is 895 g/mol. The Hall–Kier alpha value is -8.98. The number of aliphatic hydroxyl groups is 1. The van der Waals surface area contributed by atoms with Gasteiger partial charge in [0, 0.05) is 41.1 Å². The molecule has 14 heteroatoms. The van der Waals surface area contributed by atoms with E-state index in [1.165, 1.54) is 24.3 Å². The quantitative estimate of drug-likeness (QED) is 0.0579. The van der Waals surface area contributed by atoms with Crippen LogP contribution in [-0.2, 0) is 12.8 Å². The molecule has 0 amide bonds. The average Bonchev–Trinajstić information content (AvgIpc) is 3.36. The van der Waals surface area contributed by atoms with Gasteiger partial charge in [0.1, 0.15) is 45.3 Å². The van der Waals surface area contributed by atoms with Gasteiger partial charge in [0.15, 0.2) is 0 Å². The van der Waals surface area contributed by atoms with E-state index >= 15 is 0 Å². The molecule has 10 N–H and O–H groups in total. The van der Waals surface area contributed by atoms with Gasteiger partial charge in [-0.1, -0.05) is 127 Å². The highest BCUT2D eigenvalue weighted by Gasteiger charge is 2.25. The fraction of sp³-hybridized carbons (Fsp3) is 0.107. The lowest BCUT2D eigenvalue weighted by Crippen LogP contribution is -2.28. The van der Waals surface area contributed by atoms with E-state index in [9.17, 15) is 65.1 Å². The van der Waals surface area contributed by atoms with Crippen LogP contribution in [0.5, 0.6) is 23.0 Å². The molecule has 0 bridgehead atoms. The first-order valence-electron chi connectivity index (χ1n) is 21.8. The molecule has 0 heterocycles. The van der Waals surface area contributed by atoms with Gasteiger partial charge >= 0.3 is 23.9 Å². The number of fused-ring (bicyclic) bond motifs is 4. The number of aromatic carboxylic acids is 4. The summed E-state index contributed by atoms with van der Waals surface area (Å²) in [6.45, 7) is 1.96. The standard InChI is InChI=1S/2C23H16O6.C10H15NO/c2*24-20-16(14-7-3-1-5-12(14)9-18(20)22(26)27)11-17-15-8-4-2-6-13(15)10-19(21(17)25)23(28)29;1-8(11-2)10(12)9-6-4-3-5-7-9/h2*1-10,24-25H,11H2,(H,26,27)(H,28,29);3-8,10-12H,1-2H3/t;;8-,10-/m..0/s1. The summed E-state index contributed by atoms with van der Waals surface area (Å²) in [4.78, 5) is 46.4. The molecule has 14 nitrogen and oxygen atoms in total. The molecule has 0 saturated heterocycles. The summed E-state index contributed by atoms with van der Waals surface area (Å²) in [6, 6.07) is 43.3. The molecule has 0 radical (unpaired) electrons. The van der Waals surface area contributed by atoms with Crippen LogP contribution in [0.4, 0.5) is 0 Å². The summed E-state index contributed by atoms with van der Waals surface area (Å²) in [5.41, 5.74) is 1.18. The summed E-state index contributed by atoms with van der Waals surface area (Å²) in [5.74, 6) is -6.71. The second kappa shape index (κ2) is 20.9. The predicted molar refractivity (Wildman–Crippen MR) is 266 cm³/mol. The van der Waals surface area contributed by atoms with Crippen molar-refractivity contribution in [2.24, 2.45) is 0 Å². The number of benzene rings is 9. The number of phenols is 4. The third kappa shape index (κ3) is 9.99. The third-order valence-corrected chi connectivity index (χ3v) is 12.2. The van der Waals surface area contributed by atoms with Gasteiger partial charge in [0.2, 0.25) is 0 Å². The van der Waals surface area contributed by atoms with Crippen molar-refractivity contribution < 1.29 is 65.1 Å². The molecule has 2 atom stereocenters. The van der Waals surface area contributed by atoms with Crippen molar-refractivity contribution in [2.45, 2.75) is 31.9 Å². The van der Waals surface area contributed by atoms with Gasteiger partial charge in [0.05, 0.1) is 6.10 Å². The summed E-state index contributed by atoms with van der Waals surface area (Å²) in [7, 11) is 1.84. The minimum atomic E-state index is -1.28. The monoisotopic (exact) mass is 941 g/mol. The predicted octanol–water partition coefficient (Wildman–Crippen LogP) is 10.1. The fourth-order valence-corrected chi connectivity index (χ4v) is 8.46. The minimum absolute atomic E-state index is 0.0407. The van der Waals surface area contributed by atoms with Crippen LogP contribution in [0.15, 0.2) is 152 Å². The lowest BCUT2D eigenvalue weighted by atomic mass is 9.90. The maximum absolute atomic E-state index is 11.6. The molecule has 0 fully saturated rings. The highest BCUT2D eigenvalue weighted by atomic mass is 16.4. The smallest absolute Gasteiger partial charge is 0.339 e. The van der Waals surface area contributed by atoms with Crippen LogP contribution < -0.4 is 5.32 Å². The van der Waals surface area contributed by atoms with Crippen molar-refractivity contribution in [1.82, 2.24) is 5.32 Å². The Morgan fingerprint density at radius 3 is 0.900 bits per heavy atom. The molecule has 70 heavy (non-hydrogen) atoms. The molecule has 0 saturated carbocycles.